The summed E-state index contributed by atoms with van der Waals surface area (Å²) in [6.45, 7) is 1.79. The Kier molecular flexibility index (Phi) is 5.40. The molecule has 0 amide bonds. The molecule has 0 aliphatic heterocycles. The minimum absolute atomic E-state index is 0.0152. The van der Waals surface area contributed by atoms with Gasteiger partial charge in [0.05, 0.1) is 12.2 Å². The molecule has 0 aromatic carbocycles. The van der Waals surface area contributed by atoms with E-state index in [0.29, 0.717) is 0 Å². The van der Waals surface area contributed by atoms with Crippen molar-refractivity contribution in [1.82, 2.24) is 9.55 Å². The summed E-state index contributed by atoms with van der Waals surface area (Å²) in [6.07, 6.45) is -3.10. The maximum atomic E-state index is 13.0. The molecule has 0 spiro atoms. The Morgan fingerprint density at radius 2 is 2.05 bits per heavy atom. The number of aromatic nitrogens is 2. The van der Waals surface area contributed by atoms with Gasteiger partial charge in [-0.25, -0.2) is 9.18 Å². The van der Waals surface area contributed by atoms with Crippen LogP contribution in [0.2, 0.25) is 0 Å². The highest BCUT2D eigenvalue weighted by Gasteiger charge is 2.26. The number of aliphatic hydroxyl groups excluding tert-OH is 2. The van der Waals surface area contributed by atoms with Crippen LogP contribution in [0.4, 0.5) is 10.2 Å². The molecule has 0 saturated heterocycles. The Balaban J connectivity index is 2.97. The van der Waals surface area contributed by atoms with Crippen LogP contribution in [0.15, 0.2) is 17.1 Å². The Hall–Kier alpha value is -1.51. The number of rotatable bonds is 6. The van der Waals surface area contributed by atoms with Gasteiger partial charge in [-0.3, -0.25) is 4.57 Å². The number of aliphatic hydroxyl groups is 2. The third kappa shape index (κ3) is 3.98. The van der Waals surface area contributed by atoms with Gasteiger partial charge >= 0.3 is 5.69 Å². The van der Waals surface area contributed by atoms with E-state index in [0.717, 1.165) is 4.57 Å². The minimum atomic E-state index is -1.28. The van der Waals surface area contributed by atoms with E-state index >= 15 is 0 Å². The van der Waals surface area contributed by atoms with E-state index in [2.05, 4.69) is 4.98 Å². The highest BCUT2D eigenvalue weighted by molar-refractivity contribution is 5.23. The fourth-order valence-electron chi connectivity index (χ4n) is 1.63. The van der Waals surface area contributed by atoms with Gasteiger partial charge in [-0.15, -0.1) is 0 Å². The van der Waals surface area contributed by atoms with Crippen molar-refractivity contribution in [3.05, 3.63) is 22.7 Å². The monoisotopic (exact) mass is 275 g/mol. The Morgan fingerprint density at radius 3 is 2.47 bits per heavy atom. The molecule has 1 rings (SSSR count). The Bertz CT molecular complexity index is 455. The van der Waals surface area contributed by atoms with Gasteiger partial charge in [0.1, 0.15) is 18.6 Å². The zero-order chi connectivity index (χ0) is 14.6. The number of hydrogen-bond acceptors (Lipinski definition) is 6. The first-order valence-corrected chi connectivity index (χ1v) is 5.79. The predicted molar refractivity (Wildman–Crippen MR) is 66.2 cm³/mol. The van der Waals surface area contributed by atoms with Crippen LogP contribution in [0.1, 0.15) is 20.1 Å². The number of ether oxygens (including phenoxy) is 1. The van der Waals surface area contributed by atoms with Gasteiger partial charge in [-0.1, -0.05) is 0 Å². The second-order valence-electron chi connectivity index (χ2n) is 4.23. The van der Waals surface area contributed by atoms with Crippen molar-refractivity contribution in [3.63, 3.8) is 0 Å². The summed E-state index contributed by atoms with van der Waals surface area (Å²) in [5.74, 6) is 0.0152. The van der Waals surface area contributed by atoms with Gasteiger partial charge in [0.15, 0.2) is 6.23 Å². The fourth-order valence-corrected chi connectivity index (χ4v) is 1.63. The first-order valence-electron chi connectivity index (χ1n) is 5.79. The third-order valence-electron chi connectivity index (χ3n) is 2.56. The normalized spacial score (nSPS) is 17.7. The molecule has 0 fully saturated rings. The van der Waals surface area contributed by atoms with Crippen molar-refractivity contribution in [2.24, 2.45) is 0 Å². The average Bonchev–Trinajstić information content (AvgIpc) is 2.31. The number of anilines is 1. The quantitative estimate of drug-likeness (QED) is 0.642. The second-order valence-corrected chi connectivity index (χ2v) is 4.23. The molecule has 1 aromatic heterocycles. The maximum Gasteiger partial charge on any atom is 0.351 e. The second kappa shape index (κ2) is 6.60. The van der Waals surface area contributed by atoms with Crippen LogP contribution in [-0.2, 0) is 4.74 Å². The van der Waals surface area contributed by atoms with Crippen LogP contribution in [0, 0.1) is 0 Å². The molecule has 0 saturated carbocycles. The average molecular weight is 275 g/mol. The molecular weight excluding hydrogens is 257 g/mol. The minimum Gasteiger partial charge on any atom is -0.391 e. The van der Waals surface area contributed by atoms with Crippen molar-refractivity contribution in [2.45, 2.75) is 38.4 Å². The van der Waals surface area contributed by atoms with Crippen molar-refractivity contribution >= 4 is 5.82 Å². The van der Waals surface area contributed by atoms with E-state index in [-0.39, 0.29) is 5.82 Å². The highest BCUT2D eigenvalue weighted by atomic mass is 19.1. The zero-order valence-corrected chi connectivity index (χ0v) is 10.7. The third-order valence-corrected chi connectivity index (χ3v) is 2.56. The lowest BCUT2D eigenvalue weighted by Crippen LogP contribution is -2.41. The summed E-state index contributed by atoms with van der Waals surface area (Å²) in [5.41, 5.74) is 4.56. The molecule has 0 radical (unpaired) electrons. The van der Waals surface area contributed by atoms with Crippen molar-refractivity contribution < 1.29 is 19.3 Å². The highest BCUT2D eigenvalue weighted by Crippen LogP contribution is 2.15. The van der Waals surface area contributed by atoms with Crippen LogP contribution < -0.4 is 11.4 Å². The van der Waals surface area contributed by atoms with E-state index in [1.165, 1.54) is 26.1 Å². The molecule has 4 N–H and O–H groups in total. The van der Waals surface area contributed by atoms with E-state index in [1.54, 1.807) is 0 Å². The summed E-state index contributed by atoms with van der Waals surface area (Å²) in [5, 5.41) is 18.9. The number of nitrogens with two attached hydrogens (primary N) is 1. The molecule has 19 heavy (non-hydrogen) atoms. The van der Waals surface area contributed by atoms with Crippen molar-refractivity contribution in [2.75, 3.05) is 12.4 Å². The molecular formula is C11H18FN3O4. The first-order chi connectivity index (χ1) is 8.86. The lowest BCUT2D eigenvalue weighted by molar-refractivity contribution is -0.148. The Labute approximate surface area is 109 Å². The van der Waals surface area contributed by atoms with Gasteiger partial charge in [0, 0.05) is 6.20 Å². The van der Waals surface area contributed by atoms with Gasteiger partial charge in [-0.2, -0.15) is 4.98 Å². The van der Waals surface area contributed by atoms with Crippen LogP contribution in [0.5, 0.6) is 0 Å². The summed E-state index contributed by atoms with van der Waals surface area (Å²) >= 11 is 0. The summed E-state index contributed by atoms with van der Waals surface area (Å²) in [6, 6.07) is 1.33. The molecule has 8 heteroatoms. The summed E-state index contributed by atoms with van der Waals surface area (Å²) in [7, 11) is 0. The number of hydrogen-bond donors (Lipinski definition) is 3. The molecule has 7 nitrogen and oxygen atoms in total. The maximum absolute atomic E-state index is 13.0. The smallest absolute Gasteiger partial charge is 0.351 e. The molecule has 1 heterocycles. The van der Waals surface area contributed by atoms with E-state index in [4.69, 9.17) is 10.5 Å². The molecule has 0 aliphatic rings. The van der Waals surface area contributed by atoms with Crippen LogP contribution in [-0.4, -0.2) is 44.8 Å². The van der Waals surface area contributed by atoms with Gasteiger partial charge < -0.3 is 20.7 Å². The van der Waals surface area contributed by atoms with E-state index < -0.39 is 36.9 Å². The number of halogens is 1. The molecule has 108 valence electrons. The standard InChI is InChI=1S/C11H18FN3O4/c1-6(16)10(7(2)17)19-9(5-12)15-4-3-8(13)14-11(15)18/h3-4,6-7,9-10,16-17H,5H2,1-2H3,(H2,13,14,18)/t6-,7?,9+,10?/m0/s1. The van der Waals surface area contributed by atoms with Gasteiger partial charge in [-0.05, 0) is 19.9 Å². The zero-order valence-electron chi connectivity index (χ0n) is 10.7. The molecule has 2 unspecified atom stereocenters. The topological polar surface area (TPSA) is 111 Å². The summed E-state index contributed by atoms with van der Waals surface area (Å²) < 4.78 is 19.2. The lowest BCUT2D eigenvalue weighted by atomic mass is 10.1. The van der Waals surface area contributed by atoms with Crippen LogP contribution in [0.25, 0.3) is 0 Å². The van der Waals surface area contributed by atoms with Crippen molar-refractivity contribution in [3.8, 4) is 0 Å². The molecule has 1 aromatic rings. The van der Waals surface area contributed by atoms with Crippen LogP contribution >= 0.6 is 0 Å². The largest absolute Gasteiger partial charge is 0.391 e. The molecule has 0 aliphatic carbocycles. The SMILES string of the molecule is CC(O)C(O[C@H](CF)n1ccc(N)nc1=O)[C@H](C)O. The Morgan fingerprint density at radius 1 is 1.47 bits per heavy atom. The van der Waals surface area contributed by atoms with E-state index in [1.807, 2.05) is 0 Å². The predicted octanol–water partition coefficient (Wildman–Crippen LogP) is -0.560. The van der Waals surface area contributed by atoms with Crippen molar-refractivity contribution in [1.29, 1.82) is 0 Å². The number of nitrogen functional groups attached to an aromatic ring is 1. The molecule has 0 bridgehead atoms. The van der Waals surface area contributed by atoms with Crippen LogP contribution in [0.3, 0.4) is 0 Å². The molecule has 4 atom stereocenters. The van der Waals surface area contributed by atoms with Gasteiger partial charge in [0.2, 0.25) is 0 Å². The van der Waals surface area contributed by atoms with E-state index in [9.17, 15) is 19.4 Å². The fraction of sp³-hybridized carbons (Fsp3) is 0.636. The number of alkyl halides is 1. The summed E-state index contributed by atoms with van der Waals surface area (Å²) in [4.78, 5) is 15.0. The lowest BCUT2D eigenvalue weighted by Gasteiger charge is -2.28. The number of nitrogens with zero attached hydrogens (tertiary/aromatic N) is 2. The van der Waals surface area contributed by atoms with Gasteiger partial charge in [0.25, 0.3) is 0 Å². The first kappa shape index (κ1) is 15.5.